The second-order valence-electron chi connectivity index (χ2n) is 4.21. The molecular formula is C10H21NO6. The molecule has 0 bridgehead atoms. The summed E-state index contributed by atoms with van der Waals surface area (Å²) in [5, 5.41) is 38.4. The first-order chi connectivity index (χ1) is 7.99. The van der Waals surface area contributed by atoms with Crippen LogP contribution in [0.3, 0.4) is 0 Å². The summed E-state index contributed by atoms with van der Waals surface area (Å²) in [6.45, 7) is 2.13. The van der Waals surface area contributed by atoms with Gasteiger partial charge in [-0.05, 0) is 6.92 Å². The third-order valence-corrected chi connectivity index (χ3v) is 2.82. The van der Waals surface area contributed by atoms with Gasteiger partial charge in [-0.3, -0.25) is 0 Å². The van der Waals surface area contributed by atoms with Crippen molar-refractivity contribution in [2.75, 3.05) is 19.8 Å². The van der Waals surface area contributed by atoms with Gasteiger partial charge in [0.15, 0.2) is 0 Å². The molecule has 0 aromatic heterocycles. The number of ether oxygens (including phenoxy) is 2. The quantitative estimate of drug-likeness (QED) is 0.334. The summed E-state index contributed by atoms with van der Waals surface area (Å²) in [6.07, 6.45) is -6.59. The van der Waals surface area contributed by atoms with Crippen LogP contribution in [-0.4, -0.2) is 76.8 Å². The van der Waals surface area contributed by atoms with Crippen molar-refractivity contribution >= 4 is 0 Å². The molecule has 0 aromatic carbocycles. The fourth-order valence-electron chi connectivity index (χ4n) is 1.78. The monoisotopic (exact) mass is 251 g/mol. The summed E-state index contributed by atoms with van der Waals surface area (Å²) >= 11 is 0. The van der Waals surface area contributed by atoms with E-state index in [9.17, 15) is 20.4 Å². The highest BCUT2D eigenvalue weighted by Gasteiger charge is 2.44. The van der Waals surface area contributed by atoms with E-state index in [1.165, 1.54) is 0 Å². The van der Waals surface area contributed by atoms with Gasteiger partial charge in [-0.25, -0.2) is 0 Å². The first kappa shape index (κ1) is 14.8. The zero-order chi connectivity index (χ0) is 13.0. The lowest BCUT2D eigenvalue weighted by Crippen LogP contribution is -2.60. The molecule has 1 aliphatic rings. The average molecular weight is 251 g/mol. The molecule has 0 spiro atoms. The first-order valence-electron chi connectivity index (χ1n) is 5.64. The average Bonchev–Trinajstić information content (AvgIpc) is 2.31. The second-order valence-corrected chi connectivity index (χ2v) is 4.21. The fraction of sp³-hybridized carbons (Fsp3) is 1.00. The van der Waals surface area contributed by atoms with Crippen LogP contribution in [-0.2, 0) is 9.47 Å². The molecule has 6 N–H and O–H groups in total. The molecule has 0 radical (unpaired) electrons. The summed E-state index contributed by atoms with van der Waals surface area (Å²) < 4.78 is 10.3. The molecule has 0 amide bonds. The lowest BCUT2D eigenvalue weighted by atomic mass is 9.93. The van der Waals surface area contributed by atoms with Gasteiger partial charge in [0.25, 0.3) is 0 Å². The first-order valence-corrected chi connectivity index (χ1v) is 5.64. The van der Waals surface area contributed by atoms with Crippen molar-refractivity contribution in [3.63, 3.8) is 0 Å². The van der Waals surface area contributed by atoms with Crippen molar-refractivity contribution in [3.8, 4) is 0 Å². The molecule has 6 atom stereocenters. The van der Waals surface area contributed by atoms with Crippen LogP contribution in [0.4, 0.5) is 0 Å². The maximum atomic E-state index is 9.75. The Morgan fingerprint density at radius 2 is 1.88 bits per heavy atom. The summed E-state index contributed by atoms with van der Waals surface area (Å²) in [5.41, 5.74) is 5.22. The van der Waals surface area contributed by atoms with Crippen LogP contribution in [0.25, 0.3) is 0 Å². The van der Waals surface area contributed by atoms with Crippen molar-refractivity contribution in [1.82, 2.24) is 0 Å². The predicted molar refractivity (Wildman–Crippen MR) is 58.2 cm³/mol. The number of hydrogen-bond donors (Lipinski definition) is 5. The minimum Gasteiger partial charge on any atom is -0.388 e. The maximum absolute atomic E-state index is 9.75. The van der Waals surface area contributed by atoms with Crippen molar-refractivity contribution < 1.29 is 29.9 Å². The van der Waals surface area contributed by atoms with Gasteiger partial charge >= 0.3 is 0 Å². The smallest absolute Gasteiger partial charge is 0.115 e. The van der Waals surface area contributed by atoms with Gasteiger partial charge in [-0.2, -0.15) is 0 Å². The summed E-state index contributed by atoms with van der Waals surface area (Å²) in [4.78, 5) is 0. The topological polar surface area (TPSA) is 125 Å². The van der Waals surface area contributed by atoms with Crippen LogP contribution in [0, 0.1) is 0 Å². The van der Waals surface area contributed by atoms with Crippen LogP contribution >= 0.6 is 0 Å². The molecule has 5 unspecified atom stereocenters. The number of aliphatic hydroxyl groups is 4. The second kappa shape index (κ2) is 6.60. The third kappa shape index (κ3) is 3.59. The summed E-state index contributed by atoms with van der Waals surface area (Å²) in [6, 6.07) is 0. The van der Waals surface area contributed by atoms with E-state index in [4.69, 9.17) is 15.2 Å². The SMILES string of the molecule is CC1OC([C@H](O)COCCN)C(O)C(O)C1O. The van der Waals surface area contributed by atoms with E-state index in [0.29, 0.717) is 13.2 Å². The molecule has 1 heterocycles. The van der Waals surface area contributed by atoms with Gasteiger partial charge in [0, 0.05) is 6.54 Å². The van der Waals surface area contributed by atoms with Gasteiger partial charge in [-0.15, -0.1) is 0 Å². The van der Waals surface area contributed by atoms with Crippen LogP contribution in [0.1, 0.15) is 6.92 Å². The molecule has 0 aliphatic carbocycles. The van der Waals surface area contributed by atoms with Gasteiger partial charge in [0.2, 0.25) is 0 Å². The van der Waals surface area contributed by atoms with Crippen molar-refractivity contribution in [3.05, 3.63) is 0 Å². The van der Waals surface area contributed by atoms with Crippen LogP contribution < -0.4 is 5.73 Å². The lowest BCUT2D eigenvalue weighted by Gasteiger charge is -2.41. The molecule has 7 heteroatoms. The summed E-state index contributed by atoms with van der Waals surface area (Å²) in [5.74, 6) is 0. The zero-order valence-corrected chi connectivity index (χ0v) is 9.77. The highest BCUT2D eigenvalue weighted by molar-refractivity contribution is 4.93. The normalized spacial score (nSPS) is 40.2. The lowest BCUT2D eigenvalue weighted by molar-refractivity contribution is -0.242. The van der Waals surface area contributed by atoms with E-state index < -0.39 is 36.6 Å². The molecular weight excluding hydrogens is 230 g/mol. The van der Waals surface area contributed by atoms with Crippen LogP contribution in [0.5, 0.6) is 0 Å². The van der Waals surface area contributed by atoms with Crippen molar-refractivity contribution in [1.29, 1.82) is 0 Å². The Balaban J connectivity index is 2.51. The third-order valence-electron chi connectivity index (χ3n) is 2.82. The van der Waals surface area contributed by atoms with Crippen molar-refractivity contribution in [2.24, 2.45) is 5.73 Å². The van der Waals surface area contributed by atoms with Gasteiger partial charge in [0.05, 0.1) is 19.3 Å². The Morgan fingerprint density at radius 3 is 2.47 bits per heavy atom. The van der Waals surface area contributed by atoms with Crippen molar-refractivity contribution in [2.45, 2.75) is 43.5 Å². The minimum atomic E-state index is -1.35. The number of nitrogens with two attached hydrogens (primary N) is 1. The van der Waals surface area contributed by atoms with Gasteiger partial charge in [-0.1, -0.05) is 0 Å². The van der Waals surface area contributed by atoms with Gasteiger partial charge in [0.1, 0.15) is 30.5 Å². The zero-order valence-electron chi connectivity index (χ0n) is 9.77. The molecule has 0 saturated carbocycles. The Morgan fingerprint density at radius 1 is 1.24 bits per heavy atom. The number of hydrogen-bond acceptors (Lipinski definition) is 7. The Kier molecular flexibility index (Phi) is 5.74. The van der Waals surface area contributed by atoms with E-state index >= 15 is 0 Å². The highest BCUT2D eigenvalue weighted by Crippen LogP contribution is 2.23. The molecule has 0 aromatic rings. The molecule has 1 saturated heterocycles. The Hall–Kier alpha value is -0.280. The molecule has 17 heavy (non-hydrogen) atoms. The largest absolute Gasteiger partial charge is 0.388 e. The number of aliphatic hydroxyl groups excluding tert-OH is 4. The molecule has 7 nitrogen and oxygen atoms in total. The molecule has 1 aliphatic heterocycles. The predicted octanol–water partition coefficient (Wildman–Crippen LogP) is -2.81. The molecule has 1 rings (SSSR count). The summed E-state index contributed by atoms with van der Waals surface area (Å²) in [7, 11) is 0. The van der Waals surface area contributed by atoms with E-state index in [2.05, 4.69) is 0 Å². The van der Waals surface area contributed by atoms with E-state index in [1.54, 1.807) is 6.92 Å². The van der Waals surface area contributed by atoms with E-state index in [-0.39, 0.29) is 6.61 Å². The molecule has 102 valence electrons. The van der Waals surface area contributed by atoms with E-state index in [1.807, 2.05) is 0 Å². The highest BCUT2D eigenvalue weighted by atomic mass is 16.6. The Labute approximate surface area is 99.8 Å². The number of rotatable bonds is 5. The maximum Gasteiger partial charge on any atom is 0.115 e. The Bertz CT molecular complexity index is 229. The van der Waals surface area contributed by atoms with Gasteiger partial charge < -0.3 is 35.6 Å². The standard InChI is InChI=1S/C10H21NO6/c1-5-7(13)8(14)9(15)10(17-5)6(12)4-16-3-2-11/h5-10,12-15H,2-4,11H2,1H3/t5?,6-,7?,8?,9?,10?/m1/s1. The van der Waals surface area contributed by atoms with Crippen LogP contribution in [0.2, 0.25) is 0 Å². The molecule has 1 fully saturated rings. The minimum absolute atomic E-state index is 0.0472. The van der Waals surface area contributed by atoms with E-state index in [0.717, 1.165) is 0 Å². The van der Waals surface area contributed by atoms with Crippen LogP contribution in [0.15, 0.2) is 0 Å². The fourth-order valence-corrected chi connectivity index (χ4v) is 1.78.